The molecule has 0 radical (unpaired) electrons. The number of carbonyl (C=O) groups excluding carboxylic acids is 1. The predicted molar refractivity (Wildman–Crippen MR) is 109 cm³/mol. The number of rotatable bonds is 4. The van der Waals surface area contributed by atoms with Crippen LogP contribution in [0.5, 0.6) is 11.5 Å². The molecule has 29 heavy (non-hydrogen) atoms. The summed E-state index contributed by atoms with van der Waals surface area (Å²) in [5, 5.41) is 0. The number of pyridine rings is 1. The first-order valence-corrected chi connectivity index (χ1v) is 9.97. The topological polar surface area (TPSA) is 51.7 Å². The van der Waals surface area contributed by atoms with E-state index in [1.165, 1.54) is 11.1 Å². The molecule has 5 heteroatoms. The maximum Gasteiger partial charge on any atom is 0.254 e. The molecule has 1 atom stereocenters. The zero-order valence-corrected chi connectivity index (χ0v) is 16.1. The molecular weight excluding hydrogens is 364 g/mol. The summed E-state index contributed by atoms with van der Waals surface area (Å²) in [6.07, 6.45) is 6.43. The van der Waals surface area contributed by atoms with Crippen molar-refractivity contribution in [3.8, 4) is 11.5 Å². The first-order chi connectivity index (χ1) is 14.3. The van der Waals surface area contributed by atoms with Gasteiger partial charge in [0.05, 0.1) is 6.04 Å². The molecule has 0 spiro atoms. The minimum Gasteiger partial charge on any atom is -0.454 e. The number of nitrogens with zero attached hydrogens (tertiary/aromatic N) is 2. The molecule has 0 unspecified atom stereocenters. The van der Waals surface area contributed by atoms with Crippen molar-refractivity contribution >= 4 is 5.91 Å². The zero-order chi connectivity index (χ0) is 19.6. The van der Waals surface area contributed by atoms with Crippen LogP contribution in [-0.2, 0) is 13.0 Å². The van der Waals surface area contributed by atoms with Gasteiger partial charge in [0.1, 0.15) is 0 Å². The van der Waals surface area contributed by atoms with E-state index in [0.717, 1.165) is 36.3 Å². The second kappa shape index (κ2) is 7.59. The molecule has 5 nitrogen and oxygen atoms in total. The van der Waals surface area contributed by atoms with E-state index in [1.807, 2.05) is 23.1 Å². The monoisotopic (exact) mass is 386 g/mol. The number of fused-ring (bicyclic) bond motifs is 2. The summed E-state index contributed by atoms with van der Waals surface area (Å²) in [6, 6.07) is 18.0. The highest BCUT2D eigenvalue weighted by atomic mass is 16.7. The molecule has 0 saturated heterocycles. The van der Waals surface area contributed by atoms with Gasteiger partial charge in [0.15, 0.2) is 11.5 Å². The normalized spacial score (nSPS) is 16.9. The maximum atomic E-state index is 13.5. The van der Waals surface area contributed by atoms with Crippen LogP contribution >= 0.6 is 0 Å². The van der Waals surface area contributed by atoms with Crippen LogP contribution in [0.25, 0.3) is 0 Å². The van der Waals surface area contributed by atoms with Gasteiger partial charge in [-0.05, 0) is 60.2 Å². The Morgan fingerprint density at radius 3 is 2.76 bits per heavy atom. The fourth-order valence-corrected chi connectivity index (χ4v) is 4.27. The number of aryl methyl sites for hydroxylation is 1. The Bertz CT molecular complexity index is 1040. The van der Waals surface area contributed by atoms with Crippen LogP contribution in [0.1, 0.15) is 45.9 Å². The van der Waals surface area contributed by atoms with E-state index >= 15 is 0 Å². The molecule has 3 aromatic rings. The summed E-state index contributed by atoms with van der Waals surface area (Å²) in [6.45, 7) is 0.755. The smallest absolute Gasteiger partial charge is 0.254 e. The Balaban J connectivity index is 1.52. The highest BCUT2D eigenvalue weighted by molar-refractivity contribution is 5.94. The van der Waals surface area contributed by atoms with Crippen LogP contribution in [0.4, 0.5) is 0 Å². The van der Waals surface area contributed by atoms with Gasteiger partial charge in [-0.15, -0.1) is 0 Å². The molecule has 1 aliphatic carbocycles. The van der Waals surface area contributed by atoms with Crippen molar-refractivity contribution in [1.82, 2.24) is 9.88 Å². The summed E-state index contributed by atoms with van der Waals surface area (Å²) in [4.78, 5) is 19.6. The van der Waals surface area contributed by atoms with E-state index in [0.29, 0.717) is 12.1 Å². The average Bonchev–Trinajstić information content (AvgIpc) is 3.25. The van der Waals surface area contributed by atoms with Crippen molar-refractivity contribution in [2.24, 2.45) is 0 Å². The third kappa shape index (κ3) is 3.44. The third-order valence-corrected chi connectivity index (χ3v) is 5.69. The van der Waals surface area contributed by atoms with Crippen molar-refractivity contribution in [3.63, 3.8) is 0 Å². The standard InChI is InChI=1S/C24H22N2O3/c27-24(19-10-12-25-13-11-19)26(15-17-8-9-22-23(14-17)29-16-28-22)21-7-3-5-18-4-1-2-6-20(18)21/h1-2,4,6,8-14,21H,3,5,7,15-16H2/t21-/m1/s1. The fourth-order valence-electron chi connectivity index (χ4n) is 4.27. The molecule has 5 rings (SSSR count). The molecule has 2 aliphatic rings. The van der Waals surface area contributed by atoms with Crippen molar-refractivity contribution in [3.05, 3.63) is 89.2 Å². The summed E-state index contributed by atoms with van der Waals surface area (Å²) >= 11 is 0. The van der Waals surface area contributed by atoms with Crippen LogP contribution in [0.3, 0.4) is 0 Å². The summed E-state index contributed by atoms with van der Waals surface area (Å²) in [5.41, 5.74) is 4.27. The third-order valence-electron chi connectivity index (χ3n) is 5.69. The molecule has 1 amide bonds. The lowest BCUT2D eigenvalue weighted by Gasteiger charge is -2.36. The number of ether oxygens (including phenoxy) is 2. The van der Waals surface area contributed by atoms with E-state index < -0.39 is 0 Å². The van der Waals surface area contributed by atoms with Gasteiger partial charge in [-0.1, -0.05) is 30.3 Å². The average molecular weight is 386 g/mol. The quantitative estimate of drug-likeness (QED) is 0.661. The van der Waals surface area contributed by atoms with Crippen molar-refractivity contribution in [2.75, 3.05) is 6.79 Å². The molecule has 0 bridgehead atoms. The van der Waals surface area contributed by atoms with Crippen LogP contribution in [0, 0.1) is 0 Å². The number of amides is 1. The molecule has 0 saturated carbocycles. The fraction of sp³-hybridized carbons (Fsp3) is 0.250. The summed E-state index contributed by atoms with van der Waals surface area (Å²) in [5.74, 6) is 1.51. The highest BCUT2D eigenvalue weighted by Crippen LogP contribution is 2.37. The lowest BCUT2D eigenvalue weighted by atomic mass is 9.86. The lowest BCUT2D eigenvalue weighted by Crippen LogP contribution is -2.36. The van der Waals surface area contributed by atoms with E-state index in [2.05, 4.69) is 29.2 Å². The highest BCUT2D eigenvalue weighted by Gasteiger charge is 2.30. The Labute approximate surface area is 169 Å². The number of hydrogen-bond donors (Lipinski definition) is 0. The minimum absolute atomic E-state index is 0.0202. The van der Waals surface area contributed by atoms with E-state index in [1.54, 1.807) is 24.5 Å². The summed E-state index contributed by atoms with van der Waals surface area (Å²) in [7, 11) is 0. The first kappa shape index (κ1) is 17.7. The number of aromatic nitrogens is 1. The second-order valence-corrected chi connectivity index (χ2v) is 7.46. The molecule has 146 valence electrons. The minimum atomic E-state index is 0.0202. The second-order valence-electron chi connectivity index (χ2n) is 7.46. The molecule has 2 heterocycles. The maximum absolute atomic E-state index is 13.5. The van der Waals surface area contributed by atoms with Crippen molar-refractivity contribution in [2.45, 2.75) is 31.8 Å². The number of benzene rings is 2. The Morgan fingerprint density at radius 2 is 1.86 bits per heavy atom. The van der Waals surface area contributed by atoms with Crippen molar-refractivity contribution < 1.29 is 14.3 Å². The van der Waals surface area contributed by atoms with Gasteiger partial charge in [0.2, 0.25) is 6.79 Å². The SMILES string of the molecule is O=C(c1ccncc1)N(Cc1ccc2c(c1)OCO2)[C@@H]1CCCc2ccccc21. The van der Waals surface area contributed by atoms with Gasteiger partial charge in [-0.25, -0.2) is 0 Å². The molecule has 0 N–H and O–H groups in total. The first-order valence-electron chi connectivity index (χ1n) is 9.97. The Morgan fingerprint density at radius 1 is 1.03 bits per heavy atom. The van der Waals surface area contributed by atoms with Crippen LogP contribution in [0.2, 0.25) is 0 Å². The van der Waals surface area contributed by atoms with E-state index in [4.69, 9.17) is 9.47 Å². The largest absolute Gasteiger partial charge is 0.454 e. The van der Waals surface area contributed by atoms with E-state index in [9.17, 15) is 4.79 Å². The zero-order valence-electron chi connectivity index (χ0n) is 16.1. The van der Waals surface area contributed by atoms with Gasteiger partial charge in [0, 0.05) is 24.5 Å². The van der Waals surface area contributed by atoms with Gasteiger partial charge in [0.25, 0.3) is 5.91 Å². The summed E-state index contributed by atoms with van der Waals surface area (Å²) < 4.78 is 11.0. The predicted octanol–water partition coefficient (Wildman–Crippen LogP) is 4.53. The lowest BCUT2D eigenvalue weighted by molar-refractivity contribution is 0.0638. The van der Waals surface area contributed by atoms with Crippen LogP contribution in [-0.4, -0.2) is 22.6 Å². The molecule has 1 aromatic heterocycles. The van der Waals surface area contributed by atoms with Crippen molar-refractivity contribution in [1.29, 1.82) is 0 Å². The van der Waals surface area contributed by atoms with Gasteiger partial charge in [-0.2, -0.15) is 0 Å². The van der Waals surface area contributed by atoms with Crippen LogP contribution in [0.15, 0.2) is 67.0 Å². The molecular formula is C24H22N2O3. The number of carbonyl (C=O) groups is 1. The van der Waals surface area contributed by atoms with Gasteiger partial charge in [-0.3, -0.25) is 9.78 Å². The molecule has 0 fully saturated rings. The van der Waals surface area contributed by atoms with Gasteiger partial charge < -0.3 is 14.4 Å². The Hall–Kier alpha value is -3.34. The van der Waals surface area contributed by atoms with Crippen LogP contribution < -0.4 is 9.47 Å². The Kier molecular flexibility index (Phi) is 4.64. The molecule has 1 aliphatic heterocycles. The van der Waals surface area contributed by atoms with Gasteiger partial charge >= 0.3 is 0 Å². The van der Waals surface area contributed by atoms with E-state index in [-0.39, 0.29) is 18.7 Å². The number of hydrogen-bond acceptors (Lipinski definition) is 4. The molecule has 2 aromatic carbocycles.